The van der Waals surface area contributed by atoms with E-state index in [4.69, 9.17) is 31.2 Å². The summed E-state index contributed by atoms with van der Waals surface area (Å²) in [5.41, 5.74) is 2.68. The summed E-state index contributed by atoms with van der Waals surface area (Å²) < 4.78 is 22.7. The van der Waals surface area contributed by atoms with E-state index in [1.54, 1.807) is 13.2 Å². The normalized spacial score (nSPS) is 14.1. The molecule has 36 heavy (non-hydrogen) atoms. The molecule has 1 N–H and O–H groups in total. The number of hydrogen-bond donors (Lipinski definition) is 1. The van der Waals surface area contributed by atoms with Gasteiger partial charge in [-0.3, -0.25) is 9.69 Å². The van der Waals surface area contributed by atoms with Crippen LogP contribution in [0, 0.1) is 0 Å². The molecule has 0 atom stereocenters. The highest BCUT2D eigenvalue weighted by Gasteiger charge is 2.32. The van der Waals surface area contributed by atoms with Gasteiger partial charge in [0.15, 0.2) is 16.6 Å². The molecule has 1 saturated heterocycles. The highest BCUT2D eigenvalue weighted by Crippen LogP contribution is 2.30. The van der Waals surface area contributed by atoms with Crippen LogP contribution in [0.3, 0.4) is 0 Å². The van der Waals surface area contributed by atoms with Gasteiger partial charge in [-0.2, -0.15) is 0 Å². The molecule has 1 amide bonds. The lowest BCUT2D eigenvalue weighted by Crippen LogP contribution is -2.30. The summed E-state index contributed by atoms with van der Waals surface area (Å²) in [6, 6.07) is 20.4. The SMILES string of the molecule is CCOc1ccc(N2C(=O)/C(=C\c3ccc(OC)c(COc4ccccc4OCC)c3)NC2=S)cc1. The first-order valence-corrected chi connectivity index (χ1v) is 12.1. The van der Waals surface area contributed by atoms with Gasteiger partial charge in [0.25, 0.3) is 5.91 Å². The van der Waals surface area contributed by atoms with E-state index in [1.807, 2.05) is 80.6 Å². The van der Waals surface area contributed by atoms with Gasteiger partial charge in [-0.15, -0.1) is 0 Å². The zero-order chi connectivity index (χ0) is 25.5. The number of benzene rings is 3. The van der Waals surface area contributed by atoms with Crippen molar-refractivity contribution >= 4 is 35.0 Å². The van der Waals surface area contributed by atoms with E-state index in [0.29, 0.717) is 47.0 Å². The topological polar surface area (TPSA) is 69.3 Å². The number of hydrogen-bond acceptors (Lipinski definition) is 6. The number of amides is 1. The van der Waals surface area contributed by atoms with Crippen molar-refractivity contribution in [2.75, 3.05) is 25.2 Å². The predicted octanol–water partition coefficient (Wildman–Crippen LogP) is 5.33. The fourth-order valence-electron chi connectivity index (χ4n) is 3.80. The second-order valence-corrected chi connectivity index (χ2v) is 8.18. The molecule has 1 aliphatic rings. The average Bonchev–Trinajstić information content (AvgIpc) is 3.17. The molecule has 8 heteroatoms. The van der Waals surface area contributed by atoms with Crippen molar-refractivity contribution in [1.29, 1.82) is 0 Å². The third-order valence-corrected chi connectivity index (χ3v) is 5.72. The van der Waals surface area contributed by atoms with Crippen LogP contribution < -0.4 is 29.2 Å². The lowest BCUT2D eigenvalue weighted by molar-refractivity contribution is -0.113. The van der Waals surface area contributed by atoms with Crippen molar-refractivity contribution in [3.05, 3.63) is 83.6 Å². The van der Waals surface area contributed by atoms with Crippen molar-refractivity contribution in [2.45, 2.75) is 20.5 Å². The Bertz CT molecular complexity index is 1270. The maximum absolute atomic E-state index is 13.2. The van der Waals surface area contributed by atoms with Gasteiger partial charge < -0.3 is 24.3 Å². The van der Waals surface area contributed by atoms with Gasteiger partial charge in [-0.1, -0.05) is 18.2 Å². The molecule has 1 fully saturated rings. The first-order valence-electron chi connectivity index (χ1n) is 11.7. The van der Waals surface area contributed by atoms with Crippen LogP contribution >= 0.6 is 12.2 Å². The van der Waals surface area contributed by atoms with E-state index in [-0.39, 0.29) is 12.5 Å². The van der Waals surface area contributed by atoms with Gasteiger partial charge in [0, 0.05) is 5.56 Å². The number of nitrogens with one attached hydrogen (secondary N) is 1. The van der Waals surface area contributed by atoms with Crippen molar-refractivity contribution in [3.8, 4) is 23.0 Å². The summed E-state index contributed by atoms with van der Waals surface area (Å²) in [5, 5.41) is 3.35. The molecule has 7 nitrogen and oxygen atoms in total. The lowest BCUT2D eigenvalue weighted by atomic mass is 10.1. The molecule has 0 aliphatic carbocycles. The predicted molar refractivity (Wildman–Crippen MR) is 144 cm³/mol. The molecule has 1 aliphatic heterocycles. The standard InChI is InChI=1S/C28H28N2O5S/c1-4-33-22-13-11-21(12-14-22)30-27(31)23(29-28(30)36)17-19-10-15-24(32-3)20(16-19)18-35-26-9-7-6-8-25(26)34-5-2/h6-17H,4-5,18H2,1-3H3,(H,29,36)/b23-17+. The number of carbonyl (C=O) groups excluding carboxylic acids is 1. The first kappa shape index (κ1) is 25.1. The maximum atomic E-state index is 13.2. The summed E-state index contributed by atoms with van der Waals surface area (Å²) in [6.45, 7) is 5.23. The minimum atomic E-state index is -0.233. The molecule has 0 unspecified atom stereocenters. The minimum Gasteiger partial charge on any atom is -0.496 e. The molecule has 0 spiro atoms. The van der Waals surface area contributed by atoms with Crippen molar-refractivity contribution < 1.29 is 23.7 Å². The van der Waals surface area contributed by atoms with E-state index >= 15 is 0 Å². The average molecular weight is 505 g/mol. The number of carbonyl (C=O) groups is 1. The van der Waals surface area contributed by atoms with Crippen LogP contribution in [0.25, 0.3) is 6.08 Å². The zero-order valence-electron chi connectivity index (χ0n) is 20.4. The van der Waals surface area contributed by atoms with Gasteiger partial charge in [-0.25, -0.2) is 0 Å². The van der Waals surface area contributed by atoms with Crippen LogP contribution in [-0.2, 0) is 11.4 Å². The van der Waals surface area contributed by atoms with Crippen LogP contribution in [0.2, 0.25) is 0 Å². The van der Waals surface area contributed by atoms with Crippen LogP contribution in [-0.4, -0.2) is 31.3 Å². The number of ether oxygens (including phenoxy) is 4. The van der Waals surface area contributed by atoms with Gasteiger partial charge in [-0.05, 0) is 86.2 Å². The Morgan fingerprint density at radius 2 is 1.58 bits per heavy atom. The minimum absolute atomic E-state index is 0.233. The summed E-state index contributed by atoms with van der Waals surface area (Å²) in [7, 11) is 1.61. The fraction of sp³-hybridized carbons (Fsp3) is 0.214. The first-order chi connectivity index (χ1) is 17.5. The molecule has 0 aromatic heterocycles. The molecule has 0 bridgehead atoms. The molecular weight excluding hydrogens is 476 g/mol. The van der Waals surface area contributed by atoms with Gasteiger partial charge in [0.2, 0.25) is 0 Å². The number of nitrogens with zero attached hydrogens (tertiary/aromatic N) is 1. The Hall–Kier alpha value is -4.04. The van der Waals surface area contributed by atoms with Gasteiger partial charge >= 0.3 is 0 Å². The van der Waals surface area contributed by atoms with Gasteiger partial charge in [0.1, 0.15) is 23.8 Å². The molecule has 3 aromatic rings. The highest BCUT2D eigenvalue weighted by atomic mass is 32.1. The summed E-state index contributed by atoms with van der Waals surface area (Å²) >= 11 is 5.44. The second kappa shape index (κ2) is 11.6. The van der Waals surface area contributed by atoms with Crippen molar-refractivity contribution in [1.82, 2.24) is 5.32 Å². The molecule has 1 heterocycles. The Balaban J connectivity index is 1.54. The van der Waals surface area contributed by atoms with Crippen LogP contribution in [0.1, 0.15) is 25.0 Å². The summed E-state index contributed by atoms with van der Waals surface area (Å²) in [4.78, 5) is 14.6. The Kier molecular flexibility index (Phi) is 8.07. The highest BCUT2D eigenvalue weighted by molar-refractivity contribution is 7.80. The van der Waals surface area contributed by atoms with E-state index in [0.717, 1.165) is 16.9 Å². The molecular formula is C28H28N2O5S. The molecule has 186 valence electrons. The Morgan fingerprint density at radius 3 is 2.25 bits per heavy atom. The van der Waals surface area contributed by atoms with E-state index in [1.165, 1.54) is 4.90 Å². The van der Waals surface area contributed by atoms with Crippen molar-refractivity contribution in [2.24, 2.45) is 0 Å². The third kappa shape index (κ3) is 5.60. The number of para-hydroxylation sites is 2. The Morgan fingerprint density at radius 1 is 0.889 bits per heavy atom. The summed E-state index contributed by atoms with van der Waals surface area (Å²) in [6.07, 6.45) is 1.76. The van der Waals surface area contributed by atoms with E-state index in [2.05, 4.69) is 5.32 Å². The fourth-order valence-corrected chi connectivity index (χ4v) is 4.09. The smallest absolute Gasteiger partial charge is 0.281 e. The van der Waals surface area contributed by atoms with E-state index in [9.17, 15) is 4.79 Å². The molecule has 0 radical (unpaired) electrons. The molecule has 3 aromatic carbocycles. The lowest BCUT2D eigenvalue weighted by Gasteiger charge is -2.14. The maximum Gasteiger partial charge on any atom is 0.281 e. The largest absolute Gasteiger partial charge is 0.496 e. The van der Waals surface area contributed by atoms with Crippen LogP contribution in [0.4, 0.5) is 5.69 Å². The van der Waals surface area contributed by atoms with Crippen LogP contribution in [0.15, 0.2) is 72.4 Å². The number of rotatable bonds is 10. The summed E-state index contributed by atoms with van der Waals surface area (Å²) in [5.74, 6) is 2.51. The number of thiocarbonyl (C=S) groups is 1. The van der Waals surface area contributed by atoms with E-state index < -0.39 is 0 Å². The monoisotopic (exact) mass is 504 g/mol. The third-order valence-electron chi connectivity index (χ3n) is 5.43. The zero-order valence-corrected chi connectivity index (χ0v) is 21.3. The van der Waals surface area contributed by atoms with Gasteiger partial charge in [0.05, 0.1) is 26.0 Å². The van der Waals surface area contributed by atoms with Crippen molar-refractivity contribution in [3.63, 3.8) is 0 Å². The molecule has 4 rings (SSSR count). The quantitative estimate of drug-likeness (QED) is 0.295. The Labute approximate surface area is 216 Å². The second-order valence-electron chi connectivity index (χ2n) is 7.80. The number of anilines is 1. The number of methoxy groups -OCH3 is 1. The molecule has 0 saturated carbocycles. The van der Waals surface area contributed by atoms with Crippen LogP contribution in [0.5, 0.6) is 23.0 Å².